The Morgan fingerprint density at radius 3 is 2.82 bits per heavy atom. The van der Waals surface area contributed by atoms with Gasteiger partial charge >= 0.3 is 5.97 Å². The summed E-state index contributed by atoms with van der Waals surface area (Å²) in [5.41, 5.74) is 1.31. The van der Waals surface area contributed by atoms with Crippen molar-refractivity contribution >= 4 is 27.4 Å². The predicted octanol–water partition coefficient (Wildman–Crippen LogP) is 2.96. The molecule has 0 radical (unpaired) electrons. The van der Waals surface area contributed by atoms with Gasteiger partial charge in [0.05, 0.1) is 13.2 Å². The van der Waals surface area contributed by atoms with Gasteiger partial charge in [-0.1, -0.05) is 12.1 Å². The van der Waals surface area contributed by atoms with Crippen LogP contribution in [0, 0.1) is 0 Å². The van der Waals surface area contributed by atoms with Gasteiger partial charge < -0.3 is 14.4 Å². The van der Waals surface area contributed by atoms with Crippen molar-refractivity contribution in [1.82, 2.24) is 4.90 Å². The number of hydrogen-bond donors (Lipinski definition) is 0. The number of esters is 1. The van der Waals surface area contributed by atoms with E-state index in [9.17, 15) is 4.79 Å². The van der Waals surface area contributed by atoms with E-state index in [1.165, 1.54) is 22.6 Å². The summed E-state index contributed by atoms with van der Waals surface area (Å²) in [6, 6.07) is 8.74. The number of nitrogens with zero attached hydrogens (tertiary/aromatic N) is 1. The van der Waals surface area contributed by atoms with Crippen LogP contribution in [-0.4, -0.2) is 50.8 Å². The highest BCUT2D eigenvalue weighted by Gasteiger charge is 2.01. The van der Waals surface area contributed by atoms with Crippen LogP contribution in [0.4, 0.5) is 0 Å². The van der Waals surface area contributed by atoms with Crippen molar-refractivity contribution in [3.8, 4) is 0 Å². The van der Waals surface area contributed by atoms with E-state index < -0.39 is 0 Å². The minimum absolute atomic E-state index is 0.229. The molecule has 0 spiro atoms. The second kappa shape index (κ2) is 8.88. The summed E-state index contributed by atoms with van der Waals surface area (Å²) in [4.78, 5) is 12.8. The molecule has 22 heavy (non-hydrogen) atoms. The summed E-state index contributed by atoms with van der Waals surface area (Å²) >= 11 is 1.77. The van der Waals surface area contributed by atoms with E-state index in [4.69, 9.17) is 9.47 Å². The molecule has 0 unspecified atom stereocenters. The summed E-state index contributed by atoms with van der Waals surface area (Å²) in [6.07, 6.45) is 0.933. The molecule has 0 bridgehead atoms. The SMILES string of the molecule is CC(=O)OCCN(C)CCOCCc1ccc2sccc2c1. The average Bonchev–Trinajstić information content (AvgIpc) is 2.94. The molecule has 4 nitrogen and oxygen atoms in total. The third-order valence-electron chi connectivity index (χ3n) is 3.45. The molecule has 2 rings (SSSR count). The zero-order chi connectivity index (χ0) is 15.8. The van der Waals surface area contributed by atoms with Crippen LogP contribution in [0.3, 0.4) is 0 Å². The fraction of sp³-hybridized carbons (Fsp3) is 0.471. The Hall–Kier alpha value is -1.43. The van der Waals surface area contributed by atoms with E-state index in [2.05, 4.69) is 34.5 Å². The highest BCUT2D eigenvalue weighted by molar-refractivity contribution is 7.17. The van der Waals surface area contributed by atoms with Gasteiger partial charge in [0.2, 0.25) is 0 Å². The molecule has 0 N–H and O–H groups in total. The molecule has 1 heterocycles. The predicted molar refractivity (Wildman–Crippen MR) is 90.5 cm³/mol. The third-order valence-corrected chi connectivity index (χ3v) is 4.35. The van der Waals surface area contributed by atoms with Gasteiger partial charge in [-0.2, -0.15) is 0 Å². The molecular formula is C17H23NO3S. The van der Waals surface area contributed by atoms with Gasteiger partial charge in [-0.3, -0.25) is 4.79 Å². The van der Waals surface area contributed by atoms with Crippen molar-refractivity contribution in [2.45, 2.75) is 13.3 Å². The monoisotopic (exact) mass is 321 g/mol. The minimum Gasteiger partial charge on any atom is -0.465 e. The van der Waals surface area contributed by atoms with Gasteiger partial charge in [0.25, 0.3) is 0 Å². The van der Waals surface area contributed by atoms with E-state index in [1.54, 1.807) is 11.3 Å². The Morgan fingerprint density at radius 1 is 1.18 bits per heavy atom. The maximum Gasteiger partial charge on any atom is 0.302 e. The number of fused-ring (bicyclic) bond motifs is 1. The van der Waals surface area contributed by atoms with E-state index >= 15 is 0 Å². The van der Waals surface area contributed by atoms with Crippen LogP contribution in [0.2, 0.25) is 0 Å². The van der Waals surface area contributed by atoms with E-state index in [0.717, 1.165) is 26.1 Å². The lowest BCUT2D eigenvalue weighted by Gasteiger charge is -2.16. The maximum absolute atomic E-state index is 10.7. The summed E-state index contributed by atoms with van der Waals surface area (Å²) in [5, 5.41) is 3.43. The van der Waals surface area contributed by atoms with Crippen LogP contribution in [0.15, 0.2) is 29.6 Å². The third kappa shape index (κ3) is 5.75. The largest absolute Gasteiger partial charge is 0.465 e. The molecule has 5 heteroatoms. The van der Waals surface area contributed by atoms with Crippen LogP contribution in [0.1, 0.15) is 12.5 Å². The smallest absolute Gasteiger partial charge is 0.302 e. The first kappa shape index (κ1) is 16.9. The summed E-state index contributed by atoms with van der Waals surface area (Å²) in [5.74, 6) is -0.229. The molecule has 0 aliphatic rings. The number of hydrogen-bond acceptors (Lipinski definition) is 5. The van der Waals surface area contributed by atoms with Crippen LogP contribution in [-0.2, 0) is 20.7 Å². The molecule has 1 aromatic heterocycles. The normalized spacial score (nSPS) is 11.2. The molecule has 120 valence electrons. The fourth-order valence-corrected chi connectivity index (χ4v) is 2.91. The van der Waals surface area contributed by atoms with Gasteiger partial charge in [-0.15, -0.1) is 11.3 Å². The second-order valence-electron chi connectivity index (χ2n) is 5.30. The Kier molecular flexibility index (Phi) is 6.83. The standard InChI is InChI=1S/C17H23NO3S/c1-14(19)21-11-8-18(2)7-10-20-9-5-15-3-4-17-16(13-15)6-12-22-17/h3-4,6,12-13H,5,7-11H2,1-2H3. The molecule has 2 aromatic rings. The van der Waals surface area contributed by atoms with E-state index in [0.29, 0.717) is 13.2 Å². The van der Waals surface area contributed by atoms with Crippen LogP contribution < -0.4 is 0 Å². The number of benzene rings is 1. The highest BCUT2D eigenvalue weighted by atomic mass is 32.1. The van der Waals surface area contributed by atoms with Gasteiger partial charge in [-0.05, 0) is 41.9 Å². The summed E-state index contributed by atoms with van der Waals surface area (Å²) in [7, 11) is 2.00. The first-order valence-corrected chi connectivity index (χ1v) is 8.39. The van der Waals surface area contributed by atoms with Gasteiger partial charge in [0.15, 0.2) is 0 Å². The van der Waals surface area contributed by atoms with Crippen LogP contribution >= 0.6 is 11.3 Å². The number of carbonyl (C=O) groups excluding carboxylic acids is 1. The average molecular weight is 321 g/mol. The van der Waals surface area contributed by atoms with Gasteiger partial charge in [0.1, 0.15) is 6.61 Å². The van der Waals surface area contributed by atoms with Crippen molar-refractivity contribution < 1.29 is 14.3 Å². The number of ether oxygens (including phenoxy) is 2. The summed E-state index contributed by atoms with van der Waals surface area (Å²) in [6.45, 7) is 4.86. The topological polar surface area (TPSA) is 38.8 Å². The molecule has 0 aliphatic heterocycles. The van der Waals surface area contributed by atoms with E-state index in [-0.39, 0.29) is 5.97 Å². The molecule has 0 fully saturated rings. The second-order valence-corrected chi connectivity index (χ2v) is 6.25. The quantitative estimate of drug-likeness (QED) is 0.526. The minimum atomic E-state index is -0.229. The van der Waals surface area contributed by atoms with Crippen molar-refractivity contribution in [3.05, 3.63) is 35.2 Å². The Bertz CT molecular complexity index is 596. The molecule has 0 amide bonds. The van der Waals surface area contributed by atoms with Crippen LogP contribution in [0.25, 0.3) is 10.1 Å². The Labute approximate surface area is 135 Å². The number of likely N-dealkylation sites (N-methyl/N-ethyl adjacent to an activating group) is 1. The van der Waals surface area contributed by atoms with E-state index in [1.807, 2.05) is 7.05 Å². The number of carbonyl (C=O) groups is 1. The lowest BCUT2D eigenvalue weighted by Crippen LogP contribution is -2.27. The molecule has 1 aromatic carbocycles. The first-order chi connectivity index (χ1) is 10.6. The summed E-state index contributed by atoms with van der Waals surface area (Å²) < 4.78 is 11.9. The highest BCUT2D eigenvalue weighted by Crippen LogP contribution is 2.21. The molecule has 0 aliphatic carbocycles. The van der Waals surface area contributed by atoms with Crippen LogP contribution in [0.5, 0.6) is 0 Å². The lowest BCUT2D eigenvalue weighted by atomic mass is 10.1. The zero-order valence-electron chi connectivity index (χ0n) is 13.2. The Balaban J connectivity index is 1.57. The zero-order valence-corrected chi connectivity index (χ0v) is 14.0. The van der Waals surface area contributed by atoms with Crippen molar-refractivity contribution in [1.29, 1.82) is 0 Å². The maximum atomic E-state index is 10.7. The lowest BCUT2D eigenvalue weighted by molar-refractivity contribution is -0.141. The van der Waals surface area contributed by atoms with Crippen molar-refractivity contribution in [2.24, 2.45) is 0 Å². The molecule has 0 saturated heterocycles. The fourth-order valence-electron chi connectivity index (χ4n) is 2.14. The Morgan fingerprint density at radius 2 is 2.00 bits per heavy atom. The molecular weight excluding hydrogens is 298 g/mol. The molecule has 0 saturated carbocycles. The van der Waals surface area contributed by atoms with Crippen molar-refractivity contribution in [3.63, 3.8) is 0 Å². The molecule has 0 atom stereocenters. The van der Waals surface area contributed by atoms with Gasteiger partial charge in [0, 0.05) is 24.7 Å². The van der Waals surface area contributed by atoms with Gasteiger partial charge in [-0.25, -0.2) is 0 Å². The number of thiophene rings is 1. The van der Waals surface area contributed by atoms with Crippen molar-refractivity contribution in [2.75, 3.05) is 40.0 Å². The number of rotatable bonds is 9. The first-order valence-electron chi connectivity index (χ1n) is 7.51.